The van der Waals surface area contributed by atoms with Gasteiger partial charge < -0.3 is 5.32 Å². The zero-order valence-corrected chi connectivity index (χ0v) is 16.4. The van der Waals surface area contributed by atoms with E-state index in [2.05, 4.69) is 10.3 Å². The Morgan fingerprint density at radius 3 is 2.55 bits per heavy atom. The van der Waals surface area contributed by atoms with Crippen molar-refractivity contribution in [2.24, 2.45) is 4.99 Å². The molecule has 1 aliphatic heterocycles. The van der Waals surface area contributed by atoms with E-state index in [4.69, 9.17) is 11.6 Å². The first kappa shape index (κ1) is 19.7. The van der Waals surface area contributed by atoms with Crippen LogP contribution >= 0.6 is 22.9 Å². The molecule has 0 fully saturated rings. The lowest BCUT2D eigenvalue weighted by molar-refractivity contribution is -0.115. The third kappa shape index (κ3) is 3.93. The molecule has 0 spiro atoms. The number of allylic oxidation sites excluding steroid dienone is 2. The van der Waals surface area contributed by atoms with Crippen molar-refractivity contribution in [3.05, 3.63) is 86.6 Å². The average molecular weight is 435 g/mol. The summed E-state index contributed by atoms with van der Waals surface area (Å²) in [7, 11) is 0. The molecule has 0 bridgehead atoms. The minimum Gasteiger partial charge on any atom is -0.346 e. The van der Waals surface area contributed by atoms with Crippen LogP contribution in [0.5, 0.6) is 0 Å². The monoisotopic (exact) mass is 434 g/mol. The van der Waals surface area contributed by atoms with E-state index in [1.54, 1.807) is 36.4 Å². The Hall–Kier alpha value is -2.64. The van der Waals surface area contributed by atoms with E-state index >= 15 is 0 Å². The first-order chi connectivity index (χ1) is 13.8. The summed E-state index contributed by atoms with van der Waals surface area (Å²) in [6.45, 7) is 0.257. The first-order valence-corrected chi connectivity index (χ1v) is 9.94. The van der Waals surface area contributed by atoms with Gasteiger partial charge in [-0.15, -0.1) is 11.3 Å². The van der Waals surface area contributed by atoms with Crippen LogP contribution < -0.4 is 5.32 Å². The molecule has 4 rings (SSSR count). The van der Waals surface area contributed by atoms with Crippen LogP contribution in [0.2, 0.25) is 0 Å². The molecule has 0 radical (unpaired) electrons. The quantitative estimate of drug-likeness (QED) is 0.700. The fourth-order valence-corrected chi connectivity index (χ4v) is 4.14. The molecular weight excluding hydrogens is 421 g/mol. The van der Waals surface area contributed by atoms with Gasteiger partial charge in [0.1, 0.15) is 11.8 Å². The van der Waals surface area contributed by atoms with Crippen molar-refractivity contribution in [1.82, 2.24) is 5.32 Å². The number of fused-ring (bicyclic) bond motifs is 1. The summed E-state index contributed by atoms with van der Waals surface area (Å²) >= 11 is 7.79. The van der Waals surface area contributed by atoms with E-state index in [0.717, 1.165) is 11.0 Å². The van der Waals surface area contributed by atoms with Gasteiger partial charge in [0.2, 0.25) is 0 Å². The standard InChI is InChI=1S/C21H14ClF3N2OS/c22-17-15-9-13(12-5-2-1-3-6-12)10-16(21(23,24)25)18(15)27-19(17)20(28)26-11-14-7-4-8-29-14/h1-10,18H,11H2,(H,26,28). The van der Waals surface area contributed by atoms with Crippen LogP contribution in [0.15, 0.2) is 81.2 Å². The van der Waals surface area contributed by atoms with Crippen LogP contribution in [-0.2, 0) is 11.3 Å². The molecule has 1 aromatic heterocycles. The molecule has 29 heavy (non-hydrogen) atoms. The number of rotatable bonds is 4. The van der Waals surface area contributed by atoms with Crippen molar-refractivity contribution in [1.29, 1.82) is 0 Å². The molecular formula is C21H14ClF3N2OS. The lowest BCUT2D eigenvalue weighted by Crippen LogP contribution is -2.30. The Balaban J connectivity index is 1.69. The van der Waals surface area contributed by atoms with E-state index < -0.39 is 23.7 Å². The molecule has 8 heteroatoms. The third-order valence-electron chi connectivity index (χ3n) is 4.58. The number of nitrogens with one attached hydrogen (secondary N) is 1. The molecule has 2 aliphatic rings. The number of thiophene rings is 1. The number of carbonyl (C=O) groups excluding carboxylic acids is 1. The number of nitrogens with zero attached hydrogens (tertiary/aromatic N) is 1. The van der Waals surface area contributed by atoms with Crippen molar-refractivity contribution in [3.63, 3.8) is 0 Å². The highest BCUT2D eigenvalue weighted by Gasteiger charge is 2.45. The molecule has 2 heterocycles. The van der Waals surface area contributed by atoms with Gasteiger partial charge in [-0.3, -0.25) is 9.79 Å². The third-order valence-corrected chi connectivity index (χ3v) is 5.86. The molecule has 0 saturated carbocycles. The number of amides is 1. The molecule has 2 aromatic rings. The number of benzene rings is 1. The number of hydrogen-bond acceptors (Lipinski definition) is 3. The molecule has 1 amide bonds. The number of aliphatic imine (C=N–C) groups is 1. The van der Waals surface area contributed by atoms with E-state index in [0.29, 0.717) is 11.1 Å². The van der Waals surface area contributed by atoms with Gasteiger partial charge in [-0.25, -0.2) is 0 Å². The minimum absolute atomic E-state index is 0.0537. The summed E-state index contributed by atoms with van der Waals surface area (Å²) in [4.78, 5) is 17.5. The Morgan fingerprint density at radius 2 is 1.90 bits per heavy atom. The Bertz CT molecular complexity index is 1070. The first-order valence-electron chi connectivity index (χ1n) is 8.69. The maximum absolute atomic E-state index is 13.7. The van der Waals surface area contributed by atoms with E-state index in [9.17, 15) is 18.0 Å². The van der Waals surface area contributed by atoms with Gasteiger partial charge in [-0.05, 0) is 34.7 Å². The van der Waals surface area contributed by atoms with Crippen LogP contribution in [0.1, 0.15) is 10.4 Å². The van der Waals surface area contributed by atoms with Crippen LogP contribution in [0.25, 0.3) is 5.57 Å². The largest absolute Gasteiger partial charge is 0.415 e. The number of hydrogen-bond donors (Lipinski definition) is 1. The summed E-state index contributed by atoms with van der Waals surface area (Å²) in [5.74, 6) is -0.596. The maximum Gasteiger partial charge on any atom is 0.415 e. The second kappa shape index (κ2) is 7.65. The van der Waals surface area contributed by atoms with Crippen LogP contribution in [-0.4, -0.2) is 23.8 Å². The molecule has 1 aromatic carbocycles. The number of carbonyl (C=O) groups is 1. The van der Waals surface area contributed by atoms with Crippen LogP contribution in [0, 0.1) is 0 Å². The van der Waals surface area contributed by atoms with Gasteiger partial charge >= 0.3 is 6.18 Å². The van der Waals surface area contributed by atoms with Crippen molar-refractivity contribution < 1.29 is 18.0 Å². The highest BCUT2D eigenvalue weighted by molar-refractivity contribution is 7.09. The fraction of sp³-hybridized carbons (Fsp3) is 0.143. The summed E-state index contributed by atoms with van der Waals surface area (Å²) in [6, 6.07) is 11.1. The molecule has 1 unspecified atom stereocenters. The van der Waals surface area contributed by atoms with Gasteiger partial charge in [0.05, 0.1) is 17.2 Å². The predicted octanol–water partition coefficient (Wildman–Crippen LogP) is 5.27. The van der Waals surface area contributed by atoms with Gasteiger partial charge in [0.15, 0.2) is 0 Å². The van der Waals surface area contributed by atoms with Gasteiger partial charge in [-0.1, -0.05) is 48.0 Å². The fourth-order valence-electron chi connectivity index (χ4n) is 3.20. The minimum atomic E-state index is -4.60. The molecule has 1 aliphatic carbocycles. The average Bonchev–Trinajstić information content (AvgIpc) is 3.33. The van der Waals surface area contributed by atoms with Crippen molar-refractivity contribution >= 4 is 40.1 Å². The van der Waals surface area contributed by atoms with E-state index in [-0.39, 0.29) is 22.9 Å². The number of halogens is 4. The van der Waals surface area contributed by atoms with Crippen molar-refractivity contribution in [3.8, 4) is 0 Å². The molecule has 1 N–H and O–H groups in total. The van der Waals surface area contributed by atoms with Crippen molar-refractivity contribution in [2.75, 3.05) is 0 Å². The zero-order chi connectivity index (χ0) is 20.6. The highest BCUT2D eigenvalue weighted by atomic mass is 35.5. The van der Waals surface area contributed by atoms with Crippen LogP contribution in [0.3, 0.4) is 0 Å². The summed E-state index contributed by atoms with van der Waals surface area (Å²) < 4.78 is 41.2. The Kier molecular flexibility index (Phi) is 5.19. The van der Waals surface area contributed by atoms with Gasteiger partial charge in [0.25, 0.3) is 5.91 Å². The van der Waals surface area contributed by atoms with Crippen LogP contribution in [0.4, 0.5) is 13.2 Å². The highest BCUT2D eigenvalue weighted by Crippen LogP contribution is 2.43. The lowest BCUT2D eigenvalue weighted by atomic mass is 9.88. The second-order valence-corrected chi connectivity index (χ2v) is 7.88. The summed E-state index contributed by atoms with van der Waals surface area (Å²) in [5, 5.41) is 4.48. The van der Waals surface area contributed by atoms with E-state index in [1.807, 2.05) is 17.5 Å². The summed E-state index contributed by atoms with van der Waals surface area (Å²) in [5.41, 5.74) is 0.164. The maximum atomic E-state index is 13.7. The van der Waals surface area contributed by atoms with Gasteiger partial charge in [0, 0.05) is 10.5 Å². The summed E-state index contributed by atoms with van der Waals surface area (Å²) in [6.07, 6.45) is -1.96. The second-order valence-electron chi connectivity index (χ2n) is 6.47. The molecule has 3 nitrogen and oxygen atoms in total. The lowest BCUT2D eigenvalue weighted by Gasteiger charge is -2.23. The molecule has 148 valence electrons. The van der Waals surface area contributed by atoms with E-state index in [1.165, 1.54) is 11.3 Å². The van der Waals surface area contributed by atoms with Gasteiger partial charge in [-0.2, -0.15) is 13.2 Å². The normalized spacial score (nSPS) is 18.8. The zero-order valence-electron chi connectivity index (χ0n) is 14.8. The van der Waals surface area contributed by atoms with Crippen molar-refractivity contribution in [2.45, 2.75) is 18.8 Å². The smallest absolute Gasteiger partial charge is 0.346 e. The Morgan fingerprint density at radius 1 is 1.14 bits per heavy atom. The SMILES string of the molecule is O=C(NCc1cccs1)C1=NC2C(C(F)(F)F)=CC(c3ccccc3)=CC2=C1Cl. The topological polar surface area (TPSA) is 41.5 Å². The predicted molar refractivity (Wildman–Crippen MR) is 109 cm³/mol. The Labute approximate surface area is 173 Å². The number of alkyl halides is 3. The molecule has 1 atom stereocenters. The molecule has 0 saturated heterocycles.